The predicted molar refractivity (Wildman–Crippen MR) is 45.5 cm³/mol. The van der Waals surface area contributed by atoms with Gasteiger partial charge in [-0.15, -0.1) is 0 Å². The molecule has 2 rings (SSSR count). The van der Waals surface area contributed by atoms with Crippen LogP contribution >= 0.6 is 0 Å². The highest BCUT2D eigenvalue weighted by Gasteiger charge is 2.31. The Bertz CT molecular complexity index is 362. The zero-order valence-electron chi connectivity index (χ0n) is 7.37. The fourth-order valence-electron chi connectivity index (χ4n) is 1.74. The van der Waals surface area contributed by atoms with E-state index in [1.807, 2.05) is 0 Å². The van der Waals surface area contributed by atoms with Crippen LogP contribution in [0.1, 0.15) is 29.5 Å². The number of carbonyl (C=O) groups excluding carboxylic acids is 2. The molecule has 1 unspecified atom stereocenters. The lowest BCUT2D eigenvalue weighted by Gasteiger charge is -2.16. The van der Waals surface area contributed by atoms with E-state index in [9.17, 15) is 9.59 Å². The summed E-state index contributed by atoms with van der Waals surface area (Å²) in [5.41, 5.74) is 0.589. The molecule has 0 saturated heterocycles. The van der Waals surface area contributed by atoms with Crippen LogP contribution in [0, 0.1) is 5.92 Å². The van der Waals surface area contributed by atoms with Gasteiger partial charge in [0.15, 0.2) is 5.78 Å². The number of hydrogen-bond donors (Lipinski definition) is 0. The van der Waals surface area contributed by atoms with Crippen molar-refractivity contribution in [3.8, 4) is 0 Å². The zero-order chi connectivity index (χ0) is 9.42. The average molecular weight is 178 g/mol. The van der Waals surface area contributed by atoms with E-state index in [1.165, 1.54) is 13.2 Å². The second-order valence-corrected chi connectivity index (χ2v) is 3.32. The van der Waals surface area contributed by atoms with Crippen molar-refractivity contribution in [2.45, 2.75) is 19.8 Å². The average Bonchev–Trinajstić information content (AvgIpc) is 2.52. The van der Waals surface area contributed by atoms with Crippen molar-refractivity contribution < 1.29 is 14.0 Å². The fourth-order valence-corrected chi connectivity index (χ4v) is 1.74. The Morgan fingerprint density at radius 2 is 2.38 bits per heavy atom. The molecule has 68 valence electrons. The standard InChI is InChI=1S/C10H10O3/c1-6(11)7-2-3-9-8(10(7)12)4-5-13-9/h4-5,7H,2-3H2,1H3. The normalized spacial score (nSPS) is 21.3. The monoisotopic (exact) mass is 178 g/mol. The number of furan rings is 1. The minimum Gasteiger partial charge on any atom is -0.469 e. The Labute approximate surface area is 75.7 Å². The first-order chi connectivity index (χ1) is 6.20. The van der Waals surface area contributed by atoms with E-state index in [0.717, 1.165) is 5.76 Å². The molecule has 0 aromatic carbocycles. The van der Waals surface area contributed by atoms with Crippen LogP contribution in [0.25, 0.3) is 0 Å². The van der Waals surface area contributed by atoms with Gasteiger partial charge in [0.25, 0.3) is 0 Å². The molecular weight excluding hydrogens is 168 g/mol. The van der Waals surface area contributed by atoms with Gasteiger partial charge in [-0.3, -0.25) is 9.59 Å². The maximum absolute atomic E-state index is 11.6. The van der Waals surface area contributed by atoms with Gasteiger partial charge >= 0.3 is 0 Å². The van der Waals surface area contributed by atoms with Gasteiger partial charge in [0, 0.05) is 6.42 Å². The molecule has 1 aromatic rings. The van der Waals surface area contributed by atoms with Crippen molar-refractivity contribution >= 4 is 11.6 Å². The largest absolute Gasteiger partial charge is 0.469 e. The third kappa shape index (κ3) is 1.20. The number of Topliss-reactive ketones (excluding diaryl/α,β-unsaturated/α-hetero) is 2. The molecule has 0 bridgehead atoms. The highest BCUT2D eigenvalue weighted by Crippen LogP contribution is 2.26. The number of carbonyl (C=O) groups is 2. The first kappa shape index (κ1) is 8.23. The summed E-state index contributed by atoms with van der Waals surface area (Å²) in [6.07, 6.45) is 2.79. The molecule has 0 fully saturated rings. The summed E-state index contributed by atoms with van der Waals surface area (Å²) < 4.78 is 5.12. The Hall–Kier alpha value is -1.38. The zero-order valence-corrected chi connectivity index (χ0v) is 7.37. The molecule has 1 heterocycles. The summed E-state index contributed by atoms with van der Waals surface area (Å²) in [5, 5.41) is 0. The summed E-state index contributed by atoms with van der Waals surface area (Å²) in [6.45, 7) is 1.47. The maximum Gasteiger partial charge on any atom is 0.176 e. The van der Waals surface area contributed by atoms with Crippen molar-refractivity contribution in [2.24, 2.45) is 5.92 Å². The van der Waals surface area contributed by atoms with Crippen molar-refractivity contribution in [1.29, 1.82) is 0 Å². The van der Waals surface area contributed by atoms with E-state index in [-0.39, 0.29) is 11.6 Å². The van der Waals surface area contributed by atoms with Gasteiger partial charge in [-0.2, -0.15) is 0 Å². The number of hydrogen-bond acceptors (Lipinski definition) is 3. The lowest BCUT2D eigenvalue weighted by molar-refractivity contribution is -0.119. The molecule has 0 saturated carbocycles. The fraction of sp³-hybridized carbons (Fsp3) is 0.400. The molecule has 1 aliphatic rings. The highest BCUT2D eigenvalue weighted by molar-refractivity contribution is 6.11. The molecule has 3 nitrogen and oxygen atoms in total. The number of rotatable bonds is 1. The summed E-state index contributed by atoms with van der Waals surface area (Å²) >= 11 is 0. The Morgan fingerprint density at radius 1 is 1.62 bits per heavy atom. The summed E-state index contributed by atoms with van der Waals surface area (Å²) in [5.74, 6) is 0.159. The minimum absolute atomic E-state index is 0.0446. The SMILES string of the molecule is CC(=O)C1CCc2occc2C1=O. The van der Waals surface area contributed by atoms with E-state index in [1.54, 1.807) is 6.07 Å². The van der Waals surface area contributed by atoms with E-state index >= 15 is 0 Å². The lowest BCUT2D eigenvalue weighted by atomic mass is 9.84. The van der Waals surface area contributed by atoms with Crippen LogP contribution in [0.3, 0.4) is 0 Å². The third-order valence-corrected chi connectivity index (χ3v) is 2.48. The van der Waals surface area contributed by atoms with Crippen LogP contribution in [-0.4, -0.2) is 11.6 Å². The first-order valence-electron chi connectivity index (χ1n) is 4.31. The second kappa shape index (κ2) is 2.83. The van der Waals surface area contributed by atoms with Crippen molar-refractivity contribution in [3.63, 3.8) is 0 Å². The van der Waals surface area contributed by atoms with Crippen LogP contribution < -0.4 is 0 Å². The number of ketones is 2. The molecule has 1 atom stereocenters. The smallest absolute Gasteiger partial charge is 0.176 e. The number of fused-ring (bicyclic) bond motifs is 1. The molecule has 0 radical (unpaired) electrons. The van der Waals surface area contributed by atoms with Crippen molar-refractivity contribution in [1.82, 2.24) is 0 Å². The first-order valence-corrected chi connectivity index (χ1v) is 4.31. The van der Waals surface area contributed by atoms with Gasteiger partial charge in [0.2, 0.25) is 0 Å². The quantitative estimate of drug-likeness (QED) is 0.614. The van der Waals surface area contributed by atoms with Gasteiger partial charge in [-0.25, -0.2) is 0 Å². The van der Waals surface area contributed by atoms with Crippen LogP contribution in [-0.2, 0) is 11.2 Å². The van der Waals surface area contributed by atoms with Gasteiger partial charge in [-0.1, -0.05) is 0 Å². The van der Waals surface area contributed by atoms with E-state index in [0.29, 0.717) is 18.4 Å². The van der Waals surface area contributed by atoms with Crippen LogP contribution in [0.15, 0.2) is 16.7 Å². The van der Waals surface area contributed by atoms with Gasteiger partial charge in [-0.05, 0) is 19.4 Å². The van der Waals surface area contributed by atoms with E-state index in [2.05, 4.69) is 0 Å². The second-order valence-electron chi connectivity index (χ2n) is 3.32. The van der Waals surface area contributed by atoms with Crippen molar-refractivity contribution in [2.75, 3.05) is 0 Å². The van der Waals surface area contributed by atoms with Crippen LogP contribution in [0.5, 0.6) is 0 Å². The molecule has 0 aliphatic heterocycles. The summed E-state index contributed by atoms with van der Waals surface area (Å²) in [6, 6.07) is 1.65. The highest BCUT2D eigenvalue weighted by atomic mass is 16.3. The molecule has 0 spiro atoms. The topological polar surface area (TPSA) is 47.3 Å². The van der Waals surface area contributed by atoms with Gasteiger partial charge < -0.3 is 4.42 Å². The molecule has 0 N–H and O–H groups in total. The molecule has 3 heteroatoms. The Morgan fingerprint density at radius 3 is 3.08 bits per heavy atom. The number of aryl methyl sites for hydroxylation is 1. The van der Waals surface area contributed by atoms with Crippen molar-refractivity contribution in [3.05, 3.63) is 23.7 Å². The van der Waals surface area contributed by atoms with E-state index in [4.69, 9.17) is 4.42 Å². The molecule has 0 amide bonds. The van der Waals surface area contributed by atoms with Gasteiger partial charge in [0.1, 0.15) is 11.5 Å². The lowest BCUT2D eigenvalue weighted by Crippen LogP contribution is -2.26. The van der Waals surface area contributed by atoms with Crippen LogP contribution in [0.2, 0.25) is 0 Å². The van der Waals surface area contributed by atoms with E-state index < -0.39 is 5.92 Å². The molecule has 13 heavy (non-hydrogen) atoms. The minimum atomic E-state index is -0.440. The molecule has 1 aromatic heterocycles. The third-order valence-electron chi connectivity index (χ3n) is 2.48. The molecular formula is C10H10O3. The Balaban J connectivity index is 2.38. The van der Waals surface area contributed by atoms with Gasteiger partial charge in [0.05, 0.1) is 17.7 Å². The maximum atomic E-state index is 11.6. The van der Waals surface area contributed by atoms with Crippen LogP contribution in [0.4, 0.5) is 0 Å². The summed E-state index contributed by atoms with van der Waals surface area (Å²) in [7, 11) is 0. The summed E-state index contributed by atoms with van der Waals surface area (Å²) in [4.78, 5) is 22.7. The molecule has 1 aliphatic carbocycles. The predicted octanol–water partition coefficient (Wildman–Crippen LogP) is 1.61. The Kier molecular flexibility index (Phi) is 1.79.